The van der Waals surface area contributed by atoms with Crippen molar-refractivity contribution in [3.8, 4) is 17.6 Å². The van der Waals surface area contributed by atoms with Gasteiger partial charge in [-0.3, -0.25) is 9.59 Å². The van der Waals surface area contributed by atoms with Crippen molar-refractivity contribution >= 4 is 17.8 Å². The molecule has 10 heteroatoms. The van der Waals surface area contributed by atoms with Gasteiger partial charge in [0.25, 0.3) is 0 Å². The van der Waals surface area contributed by atoms with E-state index >= 15 is 0 Å². The van der Waals surface area contributed by atoms with Crippen molar-refractivity contribution in [2.75, 3.05) is 13.2 Å². The molecule has 0 bridgehead atoms. The van der Waals surface area contributed by atoms with Crippen molar-refractivity contribution in [1.29, 1.82) is 0 Å². The van der Waals surface area contributed by atoms with E-state index in [1.807, 2.05) is 0 Å². The topological polar surface area (TPSA) is 174 Å². The van der Waals surface area contributed by atoms with Crippen LogP contribution in [0.3, 0.4) is 0 Å². The molecule has 0 saturated heterocycles. The highest BCUT2D eigenvalue weighted by Crippen LogP contribution is 2.26. The molecule has 0 radical (unpaired) electrons. The number of hydrogen-bond donors (Lipinski definition) is 6. The summed E-state index contributed by atoms with van der Waals surface area (Å²) in [5.41, 5.74) is -2.13. The summed E-state index contributed by atoms with van der Waals surface area (Å²) in [6, 6.07) is 6.15. The number of amides is 1. The van der Waals surface area contributed by atoms with E-state index < -0.39 is 48.4 Å². The highest BCUT2D eigenvalue weighted by molar-refractivity contribution is 5.93. The molecule has 1 aromatic rings. The molecular weight excluding hydrogens is 578 g/mol. The maximum absolute atomic E-state index is 13.3. The van der Waals surface area contributed by atoms with E-state index in [4.69, 9.17) is 4.74 Å². The number of allylic oxidation sites excluding steroid dienone is 1. The lowest BCUT2D eigenvalue weighted by Crippen LogP contribution is -2.54. The van der Waals surface area contributed by atoms with E-state index in [0.717, 1.165) is 56.9 Å². The van der Waals surface area contributed by atoms with Crippen LogP contribution >= 0.6 is 0 Å². The zero-order valence-electron chi connectivity index (χ0n) is 26.9. The van der Waals surface area contributed by atoms with E-state index in [2.05, 4.69) is 24.1 Å². The number of hydrogen-bond acceptors (Lipinski definition) is 7. The third-order valence-electron chi connectivity index (χ3n) is 7.68. The summed E-state index contributed by atoms with van der Waals surface area (Å²) in [5, 5.41) is 52.6. The number of ether oxygens (including phenoxy) is 1. The smallest absolute Gasteiger partial charge is 0.337 e. The van der Waals surface area contributed by atoms with Gasteiger partial charge in [-0.15, -0.1) is 5.92 Å². The van der Waals surface area contributed by atoms with Gasteiger partial charge in [0.1, 0.15) is 12.4 Å². The third-order valence-corrected chi connectivity index (χ3v) is 7.68. The van der Waals surface area contributed by atoms with Gasteiger partial charge in [-0.05, 0) is 56.7 Å². The van der Waals surface area contributed by atoms with Crippen molar-refractivity contribution in [2.24, 2.45) is 5.92 Å². The number of rotatable bonds is 25. The molecule has 0 aliphatic rings. The van der Waals surface area contributed by atoms with Crippen molar-refractivity contribution in [3.05, 3.63) is 42.0 Å². The summed E-state index contributed by atoms with van der Waals surface area (Å²) in [5.74, 6) is 0.117. The van der Waals surface area contributed by atoms with Gasteiger partial charge in [0.15, 0.2) is 5.60 Å². The van der Waals surface area contributed by atoms with Gasteiger partial charge in [0.2, 0.25) is 5.91 Å². The molecule has 1 aromatic carbocycles. The minimum Gasteiger partial charge on any atom is -0.481 e. The van der Waals surface area contributed by atoms with E-state index in [-0.39, 0.29) is 19.1 Å². The van der Waals surface area contributed by atoms with Gasteiger partial charge >= 0.3 is 11.9 Å². The van der Waals surface area contributed by atoms with Crippen LogP contribution in [0.5, 0.6) is 5.75 Å². The van der Waals surface area contributed by atoms with Crippen LogP contribution in [0.2, 0.25) is 0 Å². The summed E-state index contributed by atoms with van der Waals surface area (Å²) in [6.45, 7) is 3.66. The van der Waals surface area contributed by atoms with Gasteiger partial charge in [0, 0.05) is 0 Å². The predicted molar refractivity (Wildman–Crippen MR) is 173 cm³/mol. The van der Waals surface area contributed by atoms with Crippen LogP contribution in [-0.2, 0) is 20.8 Å². The Kier molecular flexibility index (Phi) is 20.3. The van der Waals surface area contributed by atoms with E-state index in [0.29, 0.717) is 12.2 Å². The fourth-order valence-corrected chi connectivity index (χ4v) is 5.02. The van der Waals surface area contributed by atoms with E-state index in [1.165, 1.54) is 25.3 Å². The Balaban J connectivity index is 2.75. The summed E-state index contributed by atoms with van der Waals surface area (Å²) in [4.78, 5) is 36.8. The molecule has 6 N–H and O–H groups in total. The lowest BCUT2D eigenvalue weighted by atomic mass is 9.82. The second-order valence-corrected chi connectivity index (χ2v) is 11.5. The lowest BCUT2D eigenvalue weighted by molar-refractivity contribution is -0.172. The Bertz CT molecular complexity index is 1090. The van der Waals surface area contributed by atoms with Gasteiger partial charge in [0.05, 0.1) is 31.1 Å². The molecule has 0 heterocycles. The summed E-state index contributed by atoms with van der Waals surface area (Å²) in [7, 11) is 0. The van der Waals surface area contributed by atoms with Crippen LogP contribution in [-0.4, -0.2) is 74.3 Å². The molecule has 252 valence electrons. The Hall–Kier alpha value is -3.39. The Morgan fingerprint density at radius 2 is 1.60 bits per heavy atom. The SMILES string of the molecule is CC#CCOc1ccc(C[C@@H](CO)NC(=O)C(/C=C/CCCCCC[C@@H](O)CCCCCCC)[C@@](O)(CC(=O)O)C(=O)O)cc1. The monoisotopic (exact) mass is 631 g/mol. The minimum atomic E-state index is -2.89. The van der Waals surface area contributed by atoms with Crippen LogP contribution in [0.1, 0.15) is 103 Å². The number of aliphatic hydroxyl groups excluding tert-OH is 2. The van der Waals surface area contributed by atoms with Crippen LogP contribution in [0.15, 0.2) is 36.4 Å². The molecule has 1 unspecified atom stereocenters. The summed E-state index contributed by atoms with van der Waals surface area (Å²) in [6.07, 6.45) is 12.9. The summed E-state index contributed by atoms with van der Waals surface area (Å²) >= 11 is 0. The lowest BCUT2D eigenvalue weighted by Gasteiger charge is -2.30. The number of carboxylic acids is 2. The molecule has 4 atom stereocenters. The molecule has 0 spiro atoms. The molecule has 0 fully saturated rings. The van der Waals surface area contributed by atoms with Crippen LogP contribution in [0.4, 0.5) is 0 Å². The molecule has 0 aromatic heterocycles. The first-order chi connectivity index (χ1) is 21.6. The van der Waals surface area contributed by atoms with Gasteiger partial charge < -0.3 is 35.6 Å². The highest BCUT2D eigenvalue weighted by Gasteiger charge is 2.48. The number of benzene rings is 1. The van der Waals surface area contributed by atoms with Gasteiger partial charge in [-0.1, -0.05) is 88.5 Å². The largest absolute Gasteiger partial charge is 0.481 e. The average Bonchev–Trinajstić information content (AvgIpc) is 3.00. The first kappa shape index (κ1) is 39.6. The molecule has 0 aliphatic carbocycles. The van der Waals surface area contributed by atoms with Crippen LogP contribution in [0.25, 0.3) is 0 Å². The van der Waals surface area contributed by atoms with Crippen LogP contribution in [0, 0.1) is 17.8 Å². The van der Waals surface area contributed by atoms with Crippen molar-refractivity contribution in [3.63, 3.8) is 0 Å². The first-order valence-corrected chi connectivity index (χ1v) is 16.1. The number of carbonyl (C=O) groups is 3. The third kappa shape index (κ3) is 16.5. The second kappa shape index (κ2) is 23.0. The average molecular weight is 632 g/mol. The van der Waals surface area contributed by atoms with Crippen molar-refractivity contribution in [1.82, 2.24) is 5.32 Å². The molecule has 0 aliphatic heterocycles. The zero-order valence-corrected chi connectivity index (χ0v) is 26.9. The molecule has 45 heavy (non-hydrogen) atoms. The first-order valence-electron chi connectivity index (χ1n) is 16.1. The second-order valence-electron chi connectivity index (χ2n) is 11.5. The quantitative estimate of drug-likeness (QED) is 0.0511. The molecule has 1 rings (SSSR count). The number of carboxylic acid groups (broad SMARTS) is 2. The fraction of sp³-hybridized carbons (Fsp3) is 0.629. The Labute approximate surface area is 267 Å². The van der Waals surface area contributed by atoms with Gasteiger partial charge in [-0.25, -0.2) is 4.79 Å². The number of unbranched alkanes of at least 4 members (excludes halogenated alkanes) is 8. The maximum atomic E-state index is 13.3. The summed E-state index contributed by atoms with van der Waals surface area (Å²) < 4.78 is 5.48. The van der Waals surface area contributed by atoms with Crippen molar-refractivity contribution < 1.29 is 44.7 Å². The van der Waals surface area contributed by atoms with E-state index in [1.54, 1.807) is 37.3 Å². The zero-order chi connectivity index (χ0) is 33.5. The van der Waals surface area contributed by atoms with E-state index in [9.17, 15) is 39.9 Å². The number of aliphatic hydroxyl groups is 3. The highest BCUT2D eigenvalue weighted by atomic mass is 16.5. The molecule has 10 nitrogen and oxygen atoms in total. The maximum Gasteiger partial charge on any atom is 0.337 e. The molecular formula is C35H53NO9. The van der Waals surface area contributed by atoms with Crippen LogP contribution < -0.4 is 10.1 Å². The molecule has 1 amide bonds. The normalized spacial score (nSPS) is 14.5. The molecule has 0 saturated carbocycles. The standard InChI is InChI=1S/C35H53NO9/c1-3-5-7-10-13-16-29(38)17-14-11-8-9-12-15-18-31(35(44,34(42)43)25-32(39)40)33(41)36-28(26-37)24-27-19-21-30(22-20-27)45-23-6-4-2/h15,18-22,28-29,31,37-38,44H,3,5,7-14,16-17,23-26H2,1-2H3,(H,36,41)(H,39,40)(H,42,43)/b18-15+/t28-,29-,31?,35-/m0/s1. The Morgan fingerprint density at radius 1 is 0.978 bits per heavy atom. The fourth-order valence-electron chi connectivity index (χ4n) is 5.02. The minimum absolute atomic E-state index is 0.200. The number of carbonyl (C=O) groups excluding carboxylic acids is 1. The predicted octanol–water partition coefficient (Wildman–Crippen LogP) is 4.63. The number of aliphatic carboxylic acids is 2. The number of nitrogens with one attached hydrogen (secondary N) is 1. The van der Waals surface area contributed by atoms with Gasteiger partial charge in [-0.2, -0.15) is 0 Å². The van der Waals surface area contributed by atoms with Crippen molar-refractivity contribution in [2.45, 2.75) is 121 Å². The Morgan fingerprint density at radius 3 is 2.16 bits per heavy atom.